The van der Waals surface area contributed by atoms with Crippen molar-refractivity contribution >= 4 is 29.3 Å². The minimum atomic E-state index is -1.11. The first-order valence-electron chi connectivity index (χ1n) is 7.32. The van der Waals surface area contributed by atoms with Crippen molar-refractivity contribution in [1.82, 2.24) is 5.32 Å². The van der Waals surface area contributed by atoms with Gasteiger partial charge in [0.05, 0.1) is 12.2 Å². The maximum atomic E-state index is 12.6. The van der Waals surface area contributed by atoms with E-state index < -0.39 is 18.0 Å². The Balaban J connectivity index is 2.02. The van der Waals surface area contributed by atoms with Gasteiger partial charge in [0.2, 0.25) is 0 Å². The number of carboxylic acid groups (broad SMARTS) is 1. The van der Waals surface area contributed by atoms with Crippen molar-refractivity contribution in [2.75, 3.05) is 4.90 Å². The molecule has 0 fully saturated rings. The molecule has 0 saturated heterocycles. The van der Waals surface area contributed by atoms with E-state index in [4.69, 9.17) is 21.4 Å². The van der Waals surface area contributed by atoms with Gasteiger partial charge >= 0.3 is 12.0 Å². The first-order chi connectivity index (χ1) is 11.5. The summed E-state index contributed by atoms with van der Waals surface area (Å²) in [6, 6.07) is 10.8. The molecule has 2 amide bonds. The Hall–Kier alpha value is -2.73. The molecule has 6 nitrogen and oxygen atoms in total. The van der Waals surface area contributed by atoms with E-state index in [1.807, 2.05) is 24.3 Å². The van der Waals surface area contributed by atoms with Gasteiger partial charge in [-0.05, 0) is 31.2 Å². The highest BCUT2D eigenvalue weighted by atomic mass is 35.5. The van der Waals surface area contributed by atoms with Gasteiger partial charge < -0.3 is 15.2 Å². The van der Waals surface area contributed by atoms with E-state index in [1.54, 1.807) is 18.2 Å². The van der Waals surface area contributed by atoms with Crippen molar-refractivity contribution in [1.29, 1.82) is 0 Å². The maximum Gasteiger partial charge on any atom is 0.325 e. The molecule has 1 unspecified atom stereocenters. The summed E-state index contributed by atoms with van der Waals surface area (Å²) in [4.78, 5) is 25.0. The van der Waals surface area contributed by atoms with Gasteiger partial charge in [0.15, 0.2) is 5.75 Å². The van der Waals surface area contributed by atoms with E-state index in [1.165, 1.54) is 11.8 Å². The van der Waals surface area contributed by atoms with Gasteiger partial charge in [-0.2, -0.15) is 0 Å². The van der Waals surface area contributed by atoms with Gasteiger partial charge in [-0.3, -0.25) is 9.69 Å². The number of fused-ring (bicyclic) bond motifs is 2. The van der Waals surface area contributed by atoms with Crippen molar-refractivity contribution in [3.05, 3.63) is 53.1 Å². The van der Waals surface area contributed by atoms with E-state index >= 15 is 0 Å². The third-order valence-corrected chi connectivity index (χ3v) is 3.92. The molecule has 2 N–H and O–H groups in total. The number of carboxylic acids is 1. The molecule has 2 aromatic carbocycles. The average Bonchev–Trinajstić information content (AvgIpc) is 2.71. The molecule has 1 aliphatic heterocycles. The number of halogens is 1. The number of aliphatic carboxylic acids is 1. The topological polar surface area (TPSA) is 78.9 Å². The second-order valence-corrected chi connectivity index (χ2v) is 5.85. The van der Waals surface area contributed by atoms with E-state index in [0.717, 1.165) is 5.56 Å². The van der Waals surface area contributed by atoms with Gasteiger partial charge in [-0.25, -0.2) is 4.79 Å². The minimum Gasteiger partial charge on any atom is -0.480 e. The largest absolute Gasteiger partial charge is 0.480 e. The fraction of sp³-hybridized carbons (Fsp3) is 0.176. The fourth-order valence-corrected chi connectivity index (χ4v) is 2.57. The summed E-state index contributed by atoms with van der Waals surface area (Å²) in [5.74, 6) is 0.00581. The summed E-state index contributed by atoms with van der Waals surface area (Å²) in [6.45, 7) is 1.64. The van der Waals surface area contributed by atoms with Crippen LogP contribution in [0.1, 0.15) is 12.5 Å². The van der Waals surface area contributed by atoms with Crippen molar-refractivity contribution < 1.29 is 19.4 Å². The Kier molecular flexibility index (Phi) is 4.31. The Bertz CT molecular complexity index is 809. The minimum absolute atomic E-state index is 0.238. The molecule has 1 aliphatic rings. The number of rotatable bonds is 2. The summed E-state index contributed by atoms with van der Waals surface area (Å²) in [6.07, 6.45) is 0. The third-order valence-electron chi connectivity index (χ3n) is 3.69. The highest BCUT2D eigenvalue weighted by molar-refractivity contribution is 6.31. The van der Waals surface area contributed by atoms with Crippen LogP contribution in [0.25, 0.3) is 0 Å². The fourth-order valence-electron chi connectivity index (χ4n) is 2.40. The summed E-state index contributed by atoms with van der Waals surface area (Å²) < 4.78 is 5.89. The molecule has 0 saturated carbocycles. The molecule has 0 radical (unpaired) electrons. The molecular weight excluding hydrogens is 332 g/mol. The lowest BCUT2D eigenvalue weighted by Crippen LogP contribution is -2.46. The highest BCUT2D eigenvalue weighted by Crippen LogP contribution is 2.40. The SMILES string of the molecule is CC(NC(=O)N1Cc2ccccc2Oc2ccc(Cl)cc21)C(=O)O. The molecule has 124 valence electrons. The number of para-hydroxylation sites is 1. The first kappa shape index (κ1) is 16.1. The van der Waals surface area contributed by atoms with Gasteiger partial charge in [-0.15, -0.1) is 0 Å². The van der Waals surface area contributed by atoms with E-state index in [9.17, 15) is 9.59 Å². The standard InChI is InChI=1S/C17H15ClN2O4/c1-10(16(21)22)19-17(23)20-9-11-4-2-3-5-14(11)24-15-7-6-12(18)8-13(15)20/h2-8,10H,9H2,1H3,(H,19,23)(H,21,22). The average molecular weight is 347 g/mol. The van der Waals surface area contributed by atoms with Crippen LogP contribution in [0.2, 0.25) is 5.02 Å². The van der Waals surface area contributed by atoms with Crippen LogP contribution >= 0.6 is 11.6 Å². The molecule has 0 bridgehead atoms. The Morgan fingerprint density at radius 2 is 2.00 bits per heavy atom. The van der Waals surface area contributed by atoms with Crippen LogP contribution in [-0.4, -0.2) is 23.1 Å². The molecule has 24 heavy (non-hydrogen) atoms. The van der Waals surface area contributed by atoms with Gasteiger partial charge in [0, 0.05) is 10.6 Å². The van der Waals surface area contributed by atoms with Crippen molar-refractivity contribution in [2.45, 2.75) is 19.5 Å². The van der Waals surface area contributed by atoms with Gasteiger partial charge in [0.25, 0.3) is 0 Å². The monoisotopic (exact) mass is 346 g/mol. The van der Waals surface area contributed by atoms with Crippen LogP contribution in [0.5, 0.6) is 11.5 Å². The zero-order valence-electron chi connectivity index (χ0n) is 12.8. The predicted octanol–water partition coefficient (Wildman–Crippen LogP) is 3.64. The number of nitrogens with one attached hydrogen (secondary N) is 1. The van der Waals surface area contributed by atoms with E-state index in [0.29, 0.717) is 22.2 Å². The highest BCUT2D eigenvalue weighted by Gasteiger charge is 2.27. The zero-order valence-corrected chi connectivity index (χ0v) is 13.6. The van der Waals surface area contributed by atoms with E-state index in [2.05, 4.69) is 5.32 Å². The van der Waals surface area contributed by atoms with Crippen LogP contribution in [0.4, 0.5) is 10.5 Å². The van der Waals surface area contributed by atoms with Crippen LogP contribution in [-0.2, 0) is 11.3 Å². The van der Waals surface area contributed by atoms with Crippen molar-refractivity contribution in [2.24, 2.45) is 0 Å². The number of carbonyl (C=O) groups excluding carboxylic acids is 1. The normalized spacial score (nSPS) is 13.8. The quantitative estimate of drug-likeness (QED) is 0.870. The lowest BCUT2D eigenvalue weighted by atomic mass is 10.2. The number of anilines is 1. The Morgan fingerprint density at radius 1 is 1.25 bits per heavy atom. The molecule has 0 aromatic heterocycles. The Morgan fingerprint density at radius 3 is 2.75 bits per heavy atom. The maximum absolute atomic E-state index is 12.6. The summed E-state index contributed by atoms with van der Waals surface area (Å²) in [7, 11) is 0. The molecule has 1 heterocycles. The summed E-state index contributed by atoms with van der Waals surface area (Å²) >= 11 is 6.06. The molecular formula is C17H15ClN2O4. The molecule has 7 heteroatoms. The summed E-state index contributed by atoms with van der Waals surface area (Å²) in [5, 5.41) is 11.9. The molecule has 2 aromatic rings. The number of benzene rings is 2. The molecule has 0 aliphatic carbocycles. The predicted molar refractivity (Wildman–Crippen MR) is 89.8 cm³/mol. The number of hydrogen-bond donors (Lipinski definition) is 2. The smallest absolute Gasteiger partial charge is 0.325 e. The number of amides is 2. The van der Waals surface area contributed by atoms with E-state index in [-0.39, 0.29) is 6.54 Å². The second-order valence-electron chi connectivity index (χ2n) is 5.42. The van der Waals surface area contributed by atoms with Crippen LogP contribution in [0.3, 0.4) is 0 Å². The van der Waals surface area contributed by atoms with Crippen LogP contribution in [0.15, 0.2) is 42.5 Å². The lowest BCUT2D eigenvalue weighted by molar-refractivity contribution is -0.138. The first-order valence-corrected chi connectivity index (χ1v) is 7.69. The van der Waals surface area contributed by atoms with Crippen molar-refractivity contribution in [3.8, 4) is 11.5 Å². The number of ether oxygens (including phenoxy) is 1. The Labute approximate surface area is 143 Å². The van der Waals surface area contributed by atoms with Crippen LogP contribution < -0.4 is 15.0 Å². The molecule has 0 spiro atoms. The lowest BCUT2D eigenvalue weighted by Gasteiger charge is -2.23. The number of hydrogen-bond acceptors (Lipinski definition) is 3. The molecule has 3 rings (SSSR count). The number of carbonyl (C=O) groups is 2. The van der Waals surface area contributed by atoms with Crippen molar-refractivity contribution in [3.63, 3.8) is 0 Å². The zero-order chi connectivity index (χ0) is 17.3. The van der Waals surface area contributed by atoms with Crippen LogP contribution in [0, 0.1) is 0 Å². The number of urea groups is 1. The number of nitrogens with zero attached hydrogens (tertiary/aromatic N) is 1. The summed E-state index contributed by atoms with van der Waals surface area (Å²) in [5.41, 5.74) is 1.29. The second kappa shape index (κ2) is 6.41. The molecule has 1 atom stereocenters. The third kappa shape index (κ3) is 3.14. The van der Waals surface area contributed by atoms with Gasteiger partial charge in [0.1, 0.15) is 11.8 Å². The van der Waals surface area contributed by atoms with Gasteiger partial charge in [-0.1, -0.05) is 29.8 Å².